The van der Waals surface area contributed by atoms with Crippen molar-refractivity contribution in [3.05, 3.63) is 88.5 Å². The quantitative estimate of drug-likeness (QED) is 0.540. The maximum Gasteiger partial charge on any atom is 0.269 e. The van der Waals surface area contributed by atoms with E-state index in [1.165, 1.54) is 12.1 Å². The zero-order valence-electron chi connectivity index (χ0n) is 14.1. The van der Waals surface area contributed by atoms with E-state index in [2.05, 4.69) is 10.6 Å². The molecule has 2 aliphatic rings. The fourth-order valence-corrected chi connectivity index (χ4v) is 3.46. The molecule has 0 fully saturated rings. The van der Waals surface area contributed by atoms with Gasteiger partial charge in [0.05, 0.1) is 16.3 Å². The maximum atomic E-state index is 11.0. The average Bonchev–Trinajstić information content (AvgIpc) is 3.30. The number of fused-ring (bicyclic) bond motifs is 2. The molecule has 2 N–H and O–H groups in total. The van der Waals surface area contributed by atoms with Crippen molar-refractivity contribution in [2.24, 2.45) is 0 Å². The minimum Gasteiger partial charge on any atom is -0.462 e. The molecule has 2 atom stereocenters. The Morgan fingerprint density at radius 1 is 0.889 bits per heavy atom. The highest BCUT2D eigenvalue weighted by Gasteiger charge is 2.51. The molecule has 0 spiro atoms. The second kappa shape index (κ2) is 5.63. The average molecular weight is 361 g/mol. The van der Waals surface area contributed by atoms with E-state index in [-0.39, 0.29) is 5.69 Å². The molecule has 2 unspecified atom stereocenters. The molecule has 27 heavy (non-hydrogen) atoms. The first kappa shape index (κ1) is 15.5. The first-order valence-corrected chi connectivity index (χ1v) is 8.49. The molecular weight excluding hydrogens is 346 g/mol. The van der Waals surface area contributed by atoms with E-state index in [0.717, 1.165) is 22.7 Å². The van der Waals surface area contributed by atoms with Crippen molar-refractivity contribution < 1.29 is 14.4 Å². The van der Waals surface area contributed by atoms with Crippen molar-refractivity contribution >= 4 is 17.1 Å². The van der Waals surface area contributed by atoms with E-state index in [1.807, 2.05) is 48.5 Å². The van der Waals surface area contributed by atoms with Gasteiger partial charge in [0.15, 0.2) is 0 Å². The van der Waals surface area contributed by atoms with Gasteiger partial charge >= 0.3 is 0 Å². The number of ether oxygens (including phenoxy) is 2. The summed E-state index contributed by atoms with van der Waals surface area (Å²) >= 11 is 0. The summed E-state index contributed by atoms with van der Waals surface area (Å²) in [5, 5.41) is 17.8. The summed E-state index contributed by atoms with van der Waals surface area (Å²) in [6, 6.07) is 21.5. The van der Waals surface area contributed by atoms with Crippen LogP contribution in [0.5, 0.6) is 11.5 Å². The topological polar surface area (TPSA) is 85.7 Å². The van der Waals surface area contributed by atoms with Gasteiger partial charge in [-0.2, -0.15) is 0 Å². The van der Waals surface area contributed by atoms with Crippen molar-refractivity contribution in [3.63, 3.8) is 0 Å². The largest absolute Gasteiger partial charge is 0.462 e. The molecule has 3 aromatic rings. The number of nitrogens with one attached hydrogen (secondary N) is 2. The standard InChI is InChI=1S/C20H15N3O4/c24-23(25)14-11-9-13(10-12-14)20(22-16-6-2-4-8-18(16)27-20)19-21-15-5-1-3-7-17(15)26-19/h1-12,19,21-22H. The fraction of sp³-hybridized carbons (Fsp3) is 0.100. The van der Waals surface area contributed by atoms with Crippen molar-refractivity contribution in [1.29, 1.82) is 0 Å². The number of hydrogen-bond donors (Lipinski definition) is 2. The Balaban J connectivity index is 1.59. The molecule has 5 rings (SSSR count). The Kier molecular flexibility index (Phi) is 3.24. The summed E-state index contributed by atoms with van der Waals surface area (Å²) in [7, 11) is 0. The first-order chi connectivity index (χ1) is 13.2. The summed E-state index contributed by atoms with van der Waals surface area (Å²) in [5.74, 6) is 1.42. The molecule has 2 aliphatic heterocycles. The Morgan fingerprint density at radius 3 is 2.22 bits per heavy atom. The lowest BCUT2D eigenvalue weighted by Gasteiger charge is -2.34. The molecule has 3 aromatic carbocycles. The normalized spacial score (nSPS) is 21.9. The second-order valence-corrected chi connectivity index (χ2v) is 6.40. The third kappa shape index (κ3) is 2.36. The predicted octanol–water partition coefficient (Wildman–Crippen LogP) is 4.08. The molecule has 0 saturated heterocycles. The molecular formula is C20H15N3O4. The monoisotopic (exact) mass is 361 g/mol. The van der Waals surface area contributed by atoms with Crippen LogP contribution in [0.3, 0.4) is 0 Å². The number of non-ortho nitro benzene ring substituents is 1. The third-order valence-electron chi connectivity index (χ3n) is 4.77. The minimum atomic E-state index is -1.07. The van der Waals surface area contributed by atoms with Crippen molar-refractivity contribution in [3.8, 4) is 11.5 Å². The second-order valence-electron chi connectivity index (χ2n) is 6.40. The van der Waals surface area contributed by atoms with E-state index >= 15 is 0 Å². The molecule has 134 valence electrons. The van der Waals surface area contributed by atoms with Crippen LogP contribution in [0.2, 0.25) is 0 Å². The number of anilines is 2. The lowest BCUT2D eigenvalue weighted by atomic mass is 10.0. The number of nitro benzene ring substituents is 1. The predicted molar refractivity (Wildman–Crippen MR) is 99.9 cm³/mol. The lowest BCUT2D eigenvalue weighted by molar-refractivity contribution is -0.384. The van der Waals surface area contributed by atoms with Crippen molar-refractivity contribution in [2.75, 3.05) is 10.6 Å². The van der Waals surface area contributed by atoms with Crippen LogP contribution in [0.1, 0.15) is 5.56 Å². The van der Waals surface area contributed by atoms with Gasteiger partial charge < -0.3 is 20.1 Å². The van der Waals surface area contributed by atoms with E-state index in [1.54, 1.807) is 12.1 Å². The fourth-order valence-electron chi connectivity index (χ4n) is 3.46. The minimum absolute atomic E-state index is 0.0213. The number of para-hydroxylation sites is 4. The van der Waals surface area contributed by atoms with E-state index < -0.39 is 16.9 Å². The highest BCUT2D eigenvalue weighted by Crippen LogP contribution is 2.47. The Labute approximate surface area is 154 Å². The van der Waals surface area contributed by atoms with Crippen molar-refractivity contribution in [1.82, 2.24) is 0 Å². The number of nitro groups is 1. The van der Waals surface area contributed by atoms with Crippen LogP contribution in [0.25, 0.3) is 0 Å². The Hall–Kier alpha value is -3.74. The van der Waals surface area contributed by atoms with Crippen LogP contribution in [0.15, 0.2) is 72.8 Å². The molecule has 0 saturated carbocycles. The van der Waals surface area contributed by atoms with E-state index in [0.29, 0.717) is 5.75 Å². The number of nitrogens with zero attached hydrogens (tertiary/aromatic N) is 1. The van der Waals surface area contributed by atoms with Gasteiger partial charge in [0, 0.05) is 17.7 Å². The summed E-state index contributed by atoms with van der Waals surface area (Å²) in [6.45, 7) is 0. The summed E-state index contributed by atoms with van der Waals surface area (Å²) < 4.78 is 12.5. The van der Waals surface area contributed by atoms with Crippen LogP contribution < -0.4 is 20.1 Å². The lowest BCUT2D eigenvalue weighted by Crippen LogP contribution is -2.53. The number of benzene rings is 3. The van der Waals surface area contributed by atoms with Gasteiger partial charge in [0.2, 0.25) is 6.23 Å². The molecule has 2 heterocycles. The van der Waals surface area contributed by atoms with Gasteiger partial charge in [-0.15, -0.1) is 0 Å². The smallest absolute Gasteiger partial charge is 0.269 e. The Bertz CT molecular complexity index is 985. The van der Waals surface area contributed by atoms with Gasteiger partial charge in [-0.1, -0.05) is 24.3 Å². The van der Waals surface area contributed by atoms with E-state index in [9.17, 15) is 10.1 Å². The van der Waals surface area contributed by atoms with Gasteiger partial charge in [-0.05, 0) is 36.4 Å². The first-order valence-electron chi connectivity index (χ1n) is 8.49. The molecule has 7 heteroatoms. The third-order valence-corrected chi connectivity index (χ3v) is 4.77. The van der Waals surface area contributed by atoms with Gasteiger partial charge in [0.1, 0.15) is 11.5 Å². The molecule has 0 amide bonds. The van der Waals surface area contributed by atoms with Crippen LogP contribution in [-0.4, -0.2) is 11.2 Å². The molecule has 0 aromatic heterocycles. The molecule has 0 aliphatic carbocycles. The van der Waals surface area contributed by atoms with Crippen molar-refractivity contribution in [2.45, 2.75) is 12.0 Å². The number of rotatable bonds is 3. The van der Waals surface area contributed by atoms with Gasteiger partial charge in [-0.25, -0.2) is 0 Å². The van der Waals surface area contributed by atoms with Gasteiger partial charge in [0.25, 0.3) is 11.4 Å². The van der Waals surface area contributed by atoms with Gasteiger partial charge in [-0.3, -0.25) is 10.1 Å². The molecule has 0 bridgehead atoms. The van der Waals surface area contributed by atoms with Crippen LogP contribution in [0, 0.1) is 10.1 Å². The van der Waals surface area contributed by atoms with Crippen LogP contribution in [0.4, 0.5) is 17.1 Å². The number of hydrogen-bond acceptors (Lipinski definition) is 6. The zero-order chi connectivity index (χ0) is 18.4. The summed E-state index contributed by atoms with van der Waals surface area (Å²) in [6.07, 6.45) is -0.566. The van der Waals surface area contributed by atoms with Crippen LogP contribution >= 0.6 is 0 Å². The molecule has 0 radical (unpaired) electrons. The zero-order valence-corrected chi connectivity index (χ0v) is 14.1. The summed E-state index contributed by atoms with van der Waals surface area (Å²) in [5.41, 5.74) is 1.36. The summed E-state index contributed by atoms with van der Waals surface area (Å²) in [4.78, 5) is 10.6. The maximum absolute atomic E-state index is 11.0. The highest BCUT2D eigenvalue weighted by atomic mass is 16.6. The highest BCUT2D eigenvalue weighted by molar-refractivity contribution is 5.66. The molecule has 7 nitrogen and oxygen atoms in total. The van der Waals surface area contributed by atoms with E-state index in [4.69, 9.17) is 9.47 Å². The van der Waals surface area contributed by atoms with Crippen LogP contribution in [-0.2, 0) is 5.72 Å². The SMILES string of the molecule is O=[N+]([O-])c1ccc(C2(C3Nc4ccccc4O3)Nc3ccccc3O2)cc1. The Morgan fingerprint density at radius 2 is 1.56 bits per heavy atom.